The van der Waals surface area contributed by atoms with Gasteiger partial charge in [-0.15, -0.1) is 0 Å². The normalized spacial score (nSPS) is 14.3. The lowest BCUT2D eigenvalue weighted by Crippen LogP contribution is -2.41. The van der Waals surface area contributed by atoms with Crippen LogP contribution < -0.4 is 24.7 Å². The molecule has 0 bridgehead atoms. The molecule has 31 heavy (non-hydrogen) atoms. The highest BCUT2D eigenvalue weighted by molar-refractivity contribution is 7.97. The molecular weight excluding hydrogens is 412 g/mol. The third-order valence-corrected chi connectivity index (χ3v) is 5.76. The van der Waals surface area contributed by atoms with Crippen molar-refractivity contribution in [2.24, 2.45) is 5.73 Å². The molecule has 0 aliphatic carbocycles. The second-order valence-electron chi connectivity index (χ2n) is 7.32. The zero-order valence-electron chi connectivity index (χ0n) is 17.1. The molecule has 2 unspecified atom stereocenters. The van der Waals surface area contributed by atoms with Gasteiger partial charge in [-0.2, -0.15) is 0 Å². The Labute approximate surface area is 186 Å². The van der Waals surface area contributed by atoms with E-state index in [-0.39, 0.29) is 12.8 Å². The number of aliphatic hydroxyl groups excluding tert-OH is 1. The quantitative estimate of drug-likeness (QED) is 0.418. The first-order chi connectivity index (χ1) is 15.2. The average molecular weight is 439 g/mol. The summed E-state index contributed by atoms with van der Waals surface area (Å²) in [5.74, 6) is 2.30. The third-order valence-electron chi connectivity index (χ3n) is 4.96. The van der Waals surface area contributed by atoms with Gasteiger partial charge in [-0.25, -0.2) is 0 Å². The van der Waals surface area contributed by atoms with Crippen LogP contribution in [0, 0.1) is 0 Å². The molecule has 1 aliphatic heterocycles. The largest absolute Gasteiger partial charge is 0.489 e. The van der Waals surface area contributed by atoms with Gasteiger partial charge in [-0.1, -0.05) is 42.5 Å². The van der Waals surface area contributed by atoms with Crippen LogP contribution in [0.1, 0.15) is 11.1 Å². The van der Waals surface area contributed by atoms with Crippen LogP contribution in [-0.4, -0.2) is 30.6 Å². The average Bonchev–Trinajstić information content (AvgIpc) is 3.27. The summed E-state index contributed by atoms with van der Waals surface area (Å²) in [6.45, 7) is 1.16. The van der Waals surface area contributed by atoms with Gasteiger partial charge in [0.1, 0.15) is 12.4 Å². The predicted molar refractivity (Wildman–Crippen MR) is 121 cm³/mol. The maximum Gasteiger partial charge on any atom is 0.231 e. The summed E-state index contributed by atoms with van der Waals surface area (Å²) in [6.07, 6.45) is -0.0910. The summed E-state index contributed by atoms with van der Waals surface area (Å²) in [5.41, 5.74) is 8.39. The number of rotatable bonds is 10. The Bertz CT molecular complexity index is 969. The van der Waals surface area contributed by atoms with Crippen molar-refractivity contribution in [3.05, 3.63) is 83.9 Å². The van der Waals surface area contributed by atoms with Gasteiger partial charge in [-0.3, -0.25) is 4.72 Å². The Morgan fingerprint density at radius 3 is 2.55 bits per heavy atom. The molecule has 0 amide bonds. The van der Waals surface area contributed by atoms with E-state index < -0.39 is 6.10 Å². The molecule has 162 valence electrons. The van der Waals surface area contributed by atoms with Gasteiger partial charge >= 0.3 is 0 Å². The Balaban J connectivity index is 1.19. The molecule has 1 heterocycles. The Morgan fingerprint density at radius 1 is 0.968 bits per heavy atom. The van der Waals surface area contributed by atoms with E-state index >= 15 is 0 Å². The zero-order valence-corrected chi connectivity index (χ0v) is 17.9. The fourth-order valence-corrected chi connectivity index (χ4v) is 3.90. The van der Waals surface area contributed by atoms with E-state index in [0.717, 1.165) is 33.3 Å². The van der Waals surface area contributed by atoms with Crippen molar-refractivity contribution in [2.45, 2.75) is 30.1 Å². The number of ether oxygens (including phenoxy) is 3. The third kappa shape index (κ3) is 6.15. The molecule has 3 aromatic rings. The van der Waals surface area contributed by atoms with Crippen molar-refractivity contribution in [1.82, 2.24) is 4.72 Å². The lowest BCUT2D eigenvalue weighted by Gasteiger charge is -2.19. The van der Waals surface area contributed by atoms with Crippen molar-refractivity contribution in [2.75, 3.05) is 13.3 Å². The molecule has 4 rings (SSSR count). The minimum atomic E-state index is -0.671. The van der Waals surface area contributed by atoms with Gasteiger partial charge < -0.3 is 25.1 Å². The van der Waals surface area contributed by atoms with Crippen LogP contribution in [0.2, 0.25) is 0 Å². The maximum absolute atomic E-state index is 10.4. The summed E-state index contributed by atoms with van der Waals surface area (Å²) < 4.78 is 19.7. The van der Waals surface area contributed by atoms with Crippen LogP contribution in [0.25, 0.3) is 0 Å². The number of nitrogens with two attached hydrogens (primary N) is 1. The van der Waals surface area contributed by atoms with Gasteiger partial charge in [0, 0.05) is 17.5 Å². The number of aliphatic hydroxyl groups is 1. The number of hydrogen-bond acceptors (Lipinski definition) is 7. The highest BCUT2D eigenvalue weighted by Gasteiger charge is 2.16. The van der Waals surface area contributed by atoms with E-state index in [0.29, 0.717) is 19.6 Å². The predicted octanol–water partition coefficient (Wildman–Crippen LogP) is 3.52. The number of hydrogen-bond donors (Lipinski definition) is 3. The van der Waals surface area contributed by atoms with Crippen LogP contribution in [0.15, 0.2) is 77.7 Å². The van der Waals surface area contributed by atoms with Crippen LogP contribution >= 0.6 is 11.9 Å². The van der Waals surface area contributed by atoms with Crippen LogP contribution in [-0.2, 0) is 13.0 Å². The first-order valence-corrected chi connectivity index (χ1v) is 11.0. The fraction of sp³-hybridized carbons (Fsp3) is 0.250. The SMILES string of the molecule is NC(Cc1ccc(OCc2ccccc2)cc1)C(O)CNSc1ccc2c(c1)OCO2. The van der Waals surface area contributed by atoms with Crippen molar-refractivity contribution in [1.29, 1.82) is 0 Å². The number of fused-ring (bicyclic) bond motifs is 1. The van der Waals surface area contributed by atoms with E-state index in [4.69, 9.17) is 19.9 Å². The van der Waals surface area contributed by atoms with Crippen molar-refractivity contribution >= 4 is 11.9 Å². The fourth-order valence-electron chi connectivity index (χ4n) is 3.17. The molecule has 0 fully saturated rings. The number of nitrogens with one attached hydrogen (secondary N) is 1. The van der Waals surface area contributed by atoms with Gasteiger partial charge in [0.05, 0.1) is 6.10 Å². The standard InChI is InChI=1S/C24H26N2O4S/c25-21(22(27)14-26-31-20-10-11-23-24(13-20)30-16-29-23)12-17-6-8-19(9-7-17)28-15-18-4-2-1-3-5-18/h1-11,13,21-22,26-27H,12,14-16,25H2. The molecule has 2 atom stereocenters. The molecule has 0 radical (unpaired) electrons. The highest BCUT2D eigenvalue weighted by Crippen LogP contribution is 2.34. The second kappa shape index (κ2) is 10.5. The van der Waals surface area contributed by atoms with E-state index in [9.17, 15) is 5.11 Å². The molecule has 0 spiro atoms. The number of benzene rings is 3. The summed E-state index contributed by atoms with van der Waals surface area (Å²) in [7, 11) is 0. The highest BCUT2D eigenvalue weighted by atomic mass is 32.2. The van der Waals surface area contributed by atoms with Gasteiger partial charge in [0.15, 0.2) is 11.5 Å². The lowest BCUT2D eigenvalue weighted by molar-refractivity contribution is 0.149. The van der Waals surface area contributed by atoms with E-state index in [1.807, 2.05) is 72.8 Å². The topological polar surface area (TPSA) is 86.0 Å². The first kappa shape index (κ1) is 21.5. The molecule has 1 aliphatic rings. The van der Waals surface area contributed by atoms with Crippen LogP contribution in [0.3, 0.4) is 0 Å². The van der Waals surface area contributed by atoms with Crippen LogP contribution in [0.5, 0.6) is 17.2 Å². The first-order valence-electron chi connectivity index (χ1n) is 10.2. The van der Waals surface area contributed by atoms with Crippen molar-refractivity contribution in [3.8, 4) is 17.2 Å². The Hall–Kier alpha value is -2.71. The van der Waals surface area contributed by atoms with Gasteiger partial charge in [0.25, 0.3) is 0 Å². The molecule has 0 aromatic heterocycles. The molecule has 4 N–H and O–H groups in total. The molecule has 6 nitrogen and oxygen atoms in total. The van der Waals surface area contributed by atoms with Gasteiger partial charge in [0.2, 0.25) is 6.79 Å². The van der Waals surface area contributed by atoms with Crippen LogP contribution in [0.4, 0.5) is 0 Å². The van der Waals surface area contributed by atoms with Gasteiger partial charge in [-0.05, 0) is 59.8 Å². The molecule has 7 heteroatoms. The zero-order chi connectivity index (χ0) is 21.5. The summed E-state index contributed by atoms with van der Waals surface area (Å²) in [5, 5.41) is 10.4. The van der Waals surface area contributed by atoms with E-state index in [1.54, 1.807) is 0 Å². The minimum Gasteiger partial charge on any atom is -0.489 e. The minimum absolute atomic E-state index is 0.255. The lowest BCUT2D eigenvalue weighted by atomic mass is 10.0. The van der Waals surface area contributed by atoms with E-state index in [2.05, 4.69) is 4.72 Å². The second-order valence-corrected chi connectivity index (χ2v) is 8.28. The Kier molecular flexibility index (Phi) is 7.32. The van der Waals surface area contributed by atoms with Crippen molar-refractivity contribution < 1.29 is 19.3 Å². The summed E-state index contributed by atoms with van der Waals surface area (Å²) >= 11 is 1.43. The molecular formula is C24H26N2O4S. The molecule has 3 aromatic carbocycles. The molecule has 0 saturated heterocycles. The molecule has 0 saturated carbocycles. The summed E-state index contributed by atoms with van der Waals surface area (Å²) in [6, 6.07) is 23.3. The smallest absolute Gasteiger partial charge is 0.231 e. The maximum atomic E-state index is 10.4. The van der Waals surface area contributed by atoms with Crippen molar-refractivity contribution in [3.63, 3.8) is 0 Å². The Morgan fingerprint density at radius 2 is 1.74 bits per heavy atom. The summed E-state index contributed by atoms with van der Waals surface area (Å²) in [4.78, 5) is 0.983. The monoisotopic (exact) mass is 438 g/mol. The van der Waals surface area contributed by atoms with E-state index in [1.165, 1.54) is 11.9 Å².